The van der Waals surface area contributed by atoms with Crippen LogP contribution in [-0.2, 0) is 23.8 Å². The summed E-state index contributed by atoms with van der Waals surface area (Å²) >= 11 is 0. The number of benzene rings is 2. The van der Waals surface area contributed by atoms with Crippen LogP contribution in [0.25, 0.3) is 16.7 Å². The van der Waals surface area contributed by atoms with E-state index in [1.54, 1.807) is 35.7 Å². The summed E-state index contributed by atoms with van der Waals surface area (Å²) in [6.45, 7) is 6.31. The van der Waals surface area contributed by atoms with Crippen LogP contribution < -0.4 is 5.56 Å². The van der Waals surface area contributed by atoms with Crippen LogP contribution in [0, 0.1) is 0 Å². The van der Waals surface area contributed by atoms with E-state index in [2.05, 4.69) is 31.0 Å². The van der Waals surface area contributed by atoms with E-state index in [9.17, 15) is 9.59 Å². The predicted molar refractivity (Wildman–Crippen MR) is 110 cm³/mol. The Morgan fingerprint density at radius 3 is 2.41 bits per heavy atom. The number of carbonyl (C=O) groups excluding carboxylic acids is 1. The Labute approximate surface area is 167 Å². The maximum Gasteiger partial charge on any atom is 0.338 e. The molecule has 29 heavy (non-hydrogen) atoms. The van der Waals surface area contributed by atoms with Gasteiger partial charge in [0.15, 0.2) is 12.4 Å². The Morgan fingerprint density at radius 1 is 1.03 bits per heavy atom. The number of hydrogen-bond donors (Lipinski definition) is 0. The van der Waals surface area contributed by atoms with Gasteiger partial charge in [-0.05, 0) is 35.2 Å². The van der Waals surface area contributed by atoms with E-state index in [-0.39, 0.29) is 17.6 Å². The molecule has 0 aliphatic rings. The Hall–Kier alpha value is -3.48. The number of hydrogen-bond acceptors (Lipinski definition) is 5. The van der Waals surface area contributed by atoms with Gasteiger partial charge in [0.05, 0.1) is 16.5 Å². The summed E-state index contributed by atoms with van der Waals surface area (Å²) in [5.74, 6) is 0.414. The number of para-hydroxylation sites is 1. The van der Waals surface area contributed by atoms with Crippen molar-refractivity contribution in [3.8, 4) is 0 Å². The molecule has 0 radical (unpaired) electrons. The summed E-state index contributed by atoms with van der Waals surface area (Å²) in [5.41, 5.74) is 2.16. The fraction of sp³-hybridized carbons (Fsp3) is 0.273. The van der Waals surface area contributed by atoms with Crippen molar-refractivity contribution in [2.45, 2.75) is 32.8 Å². The summed E-state index contributed by atoms with van der Waals surface area (Å²) in [7, 11) is 1.64. The maximum absolute atomic E-state index is 12.5. The fourth-order valence-electron chi connectivity index (χ4n) is 3.31. The average molecular weight is 390 g/mol. The second-order valence-electron chi connectivity index (χ2n) is 8.04. The van der Waals surface area contributed by atoms with E-state index < -0.39 is 5.97 Å². The monoisotopic (exact) mass is 390 g/mol. The quantitative estimate of drug-likeness (QED) is 0.502. The average Bonchev–Trinajstić information content (AvgIpc) is 3.14. The molecular weight excluding hydrogens is 368 g/mol. The van der Waals surface area contributed by atoms with Gasteiger partial charge in [0, 0.05) is 7.05 Å². The summed E-state index contributed by atoms with van der Waals surface area (Å²) < 4.78 is 8.65. The number of carbonyl (C=O) groups is 1. The molecule has 0 amide bonds. The first-order chi connectivity index (χ1) is 13.8. The zero-order valence-corrected chi connectivity index (χ0v) is 16.8. The van der Waals surface area contributed by atoms with Gasteiger partial charge in [-0.2, -0.15) is 0 Å². The molecule has 0 bridgehead atoms. The molecule has 4 aromatic rings. The van der Waals surface area contributed by atoms with Gasteiger partial charge in [-0.15, -0.1) is 10.2 Å². The van der Waals surface area contributed by atoms with Crippen molar-refractivity contribution in [2.24, 2.45) is 7.05 Å². The molecule has 0 atom stereocenters. The lowest BCUT2D eigenvalue weighted by Crippen LogP contribution is -2.20. The van der Waals surface area contributed by atoms with Crippen LogP contribution in [0.4, 0.5) is 0 Å². The predicted octanol–water partition coefficient (Wildman–Crippen LogP) is 3.24. The zero-order valence-electron chi connectivity index (χ0n) is 16.8. The highest BCUT2D eigenvalue weighted by Crippen LogP contribution is 2.22. The molecule has 0 aliphatic carbocycles. The van der Waals surface area contributed by atoms with Crippen LogP contribution in [0.2, 0.25) is 0 Å². The second kappa shape index (κ2) is 6.84. The molecular formula is C22H22N4O3. The van der Waals surface area contributed by atoms with Gasteiger partial charge in [0.25, 0.3) is 5.56 Å². The maximum atomic E-state index is 12.5. The van der Waals surface area contributed by atoms with E-state index in [4.69, 9.17) is 4.74 Å². The van der Waals surface area contributed by atoms with Gasteiger partial charge >= 0.3 is 5.97 Å². The number of fused-ring (bicyclic) bond motifs is 3. The van der Waals surface area contributed by atoms with Crippen molar-refractivity contribution in [1.82, 2.24) is 19.2 Å². The lowest BCUT2D eigenvalue weighted by atomic mass is 9.87. The number of aromatic nitrogens is 4. The first-order valence-corrected chi connectivity index (χ1v) is 9.37. The van der Waals surface area contributed by atoms with Gasteiger partial charge in [-0.1, -0.05) is 45.0 Å². The minimum absolute atomic E-state index is 0.0138. The molecule has 0 unspecified atom stereocenters. The lowest BCUT2D eigenvalue weighted by molar-refractivity contribution is 0.0461. The molecule has 2 aromatic carbocycles. The molecule has 0 fully saturated rings. The zero-order chi connectivity index (χ0) is 20.8. The number of esters is 1. The summed E-state index contributed by atoms with van der Waals surface area (Å²) in [6.07, 6.45) is 0. The van der Waals surface area contributed by atoms with E-state index in [1.807, 2.05) is 24.3 Å². The standard InChI is InChI=1S/C22H22N4O3/c1-22(2,3)15-11-9-14(10-12-15)20(28)29-13-18-23-24-21-25(4)19(27)16-7-5-6-8-17(16)26(18)21/h5-12H,13H2,1-4H3. The fourth-order valence-corrected chi connectivity index (χ4v) is 3.31. The SMILES string of the molecule is Cn1c(=O)c2ccccc2n2c(COC(=O)c3ccc(C(C)(C)C)cc3)nnc12. The van der Waals surface area contributed by atoms with Crippen molar-refractivity contribution in [3.63, 3.8) is 0 Å². The second-order valence-corrected chi connectivity index (χ2v) is 8.04. The van der Waals surface area contributed by atoms with Crippen molar-refractivity contribution in [1.29, 1.82) is 0 Å². The van der Waals surface area contributed by atoms with Crippen LogP contribution in [0.1, 0.15) is 42.5 Å². The van der Waals surface area contributed by atoms with Crippen molar-refractivity contribution < 1.29 is 9.53 Å². The highest BCUT2D eigenvalue weighted by molar-refractivity contribution is 5.89. The smallest absolute Gasteiger partial charge is 0.338 e. The lowest BCUT2D eigenvalue weighted by Gasteiger charge is -2.18. The molecule has 0 spiro atoms. The van der Waals surface area contributed by atoms with Crippen LogP contribution in [-0.4, -0.2) is 25.1 Å². The summed E-state index contributed by atoms with van der Waals surface area (Å²) in [5, 5.41) is 8.79. The Morgan fingerprint density at radius 2 is 1.72 bits per heavy atom. The normalized spacial score (nSPS) is 11.9. The molecule has 2 heterocycles. The molecule has 7 nitrogen and oxygen atoms in total. The number of rotatable bonds is 3. The minimum atomic E-state index is -0.434. The number of nitrogens with zero attached hydrogens (tertiary/aromatic N) is 4. The molecule has 0 saturated heterocycles. The van der Waals surface area contributed by atoms with Crippen molar-refractivity contribution >= 4 is 22.6 Å². The summed E-state index contributed by atoms with van der Waals surface area (Å²) in [4.78, 5) is 25.0. The van der Waals surface area contributed by atoms with E-state index >= 15 is 0 Å². The molecule has 0 saturated carbocycles. The van der Waals surface area contributed by atoms with Gasteiger partial charge in [-0.3, -0.25) is 13.8 Å². The van der Waals surface area contributed by atoms with Gasteiger partial charge in [0.2, 0.25) is 5.78 Å². The molecule has 2 aromatic heterocycles. The van der Waals surface area contributed by atoms with E-state index in [1.165, 1.54) is 4.57 Å². The highest BCUT2D eigenvalue weighted by Gasteiger charge is 2.17. The number of aryl methyl sites for hydroxylation is 1. The third-order valence-electron chi connectivity index (χ3n) is 5.01. The molecule has 0 aliphatic heterocycles. The van der Waals surface area contributed by atoms with Crippen LogP contribution >= 0.6 is 0 Å². The van der Waals surface area contributed by atoms with Crippen LogP contribution in [0.5, 0.6) is 0 Å². The Kier molecular flexibility index (Phi) is 4.45. The number of ether oxygens (including phenoxy) is 1. The third-order valence-corrected chi connectivity index (χ3v) is 5.01. The first-order valence-electron chi connectivity index (χ1n) is 9.37. The van der Waals surface area contributed by atoms with Crippen LogP contribution in [0.3, 0.4) is 0 Å². The van der Waals surface area contributed by atoms with Gasteiger partial charge in [0.1, 0.15) is 0 Å². The molecule has 4 rings (SSSR count). The highest BCUT2D eigenvalue weighted by atomic mass is 16.5. The van der Waals surface area contributed by atoms with Gasteiger partial charge in [-0.25, -0.2) is 4.79 Å². The molecule has 148 valence electrons. The van der Waals surface area contributed by atoms with Gasteiger partial charge < -0.3 is 4.74 Å². The summed E-state index contributed by atoms with van der Waals surface area (Å²) in [6, 6.07) is 14.6. The molecule has 7 heteroatoms. The van der Waals surface area contributed by atoms with E-state index in [0.29, 0.717) is 28.1 Å². The Bertz CT molecular complexity index is 1280. The minimum Gasteiger partial charge on any atom is -0.454 e. The van der Waals surface area contributed by atoms with E-state index in [0.717, 1.165) is 5.56 Å². The third kappa shape index (κ3) is 3.29. The van der Waals surface area contributed by atoms with Crippen molar-refractivity contribution in [2.75, 3.05) is 0 Å². The Balaban J connectivity index is 1.64. The molecule has 0 N–H and O–H groups in total. The topological polar surface area (TPSA) is 78.5 Å². The van der Waals surface area contributed by atoms with Crippen LogP contribution in [0.15, 0.2) is 53.3 Å². The first kappa shape index (κ1) is 18.9. The van der Waals surface area contributed by atoms with Crippen molar-refractivity contribution in [3.05, 3.63) is 75.8 Å². The largest absolute Gasteiger partial charge is 0.454 e.